The second kappa shape index (κ2) is 4.94. The molecule has 0 amide bonds. The molecule has 3 heteroatoms. The summed E-state index contributed by atoms with van der Waals surface area (Å²) in [5.41, 5.74) is 0. The third kappa shape index (κ3) is 2.98. The second-order valence-electron chi connectivity index (χ2n) is 3.29. The van der Waals surface area contributed by atoms with Gasteiger partial charge in [0.05, 0.1) is 6.10 Å². The van der Waals surface area contributed by atoms with Crippen molar-refractivity contribution in [1.82, 2.24) is 0 Å². The van der Waals surface area contributed by atoms with Gasteiger partial charge in [-0.3, -0.25) is 0 Å². The molecule has 0 heterocycles. The lowest BCUT2D eigenvalue weighted by atomic mass is 10.2. The van der Waals surface area contributed by atoms with Gasteiger partial charge in [0, 0.05) is 6.07 Å². The van der Waals surface area contributed by atoms with Crippen LogP contribution >= 0.6 is 0 Å². The van der Waals surface area contributed by atoms with Gasteiger partial charge >= 0.3 is 0 Å². The molecule has 78 valence electrons. The first-order valence-electron chi connectivity index (χ1n) is 4.75. The summed E-state index contributed by atoms with van der Waals surface area (Å²) in [6.07, 6.45) is 1.79. The highest BCUT2D eigenvalue weighted by atomic mass is 19.1. The van der Waals surface area contributed by atoms with Crippen molar-refractivity contribution < 1.29 is 13.5 Å². The summed E-state index contributed by atoms with van der Waals surface area (Å²) in [4.78, 5) is 0. The van der Waals surface area contributed by atoms with E-state index in [0.717, 1.165) is 18.9 Å². The number of benzene rings is 1. The van der Waals surface area contributed by atoms with Gasteiger partial charge < -0.3 is 4.74 Å². The number of rotatable bonds is 4. The maximum atomic E-state index is 13.1. The summed E-state index contributed by atoms with van der Waals surface area (Å²) in [5.74, 6) is -1.11. The van der Waals surface area contributed by atoms with Crippen molar-refractivity contribution in [1.29, 1.82) is 0 Å². The van der Waals surface area contributed by atoms with E-state index < -0.39 is 11.6 Å². The van der Waals surface area contributed by atoms with Crippen LogP contribution in [-0.4, -0.2) is 6.10 Å². The number of halogens is 2. The monoisotopic (exact) mass is 200 g/mol. The second-order valence-corrected chi connectivity index (χ2v) is 3.29. The van der Waals surface area contributed by atoms with Crippen molar-refractivity contribution in [2.75, 3.05) is 0 Å². The molecular weight excluding hydrogens is 186 g/mol. The fraction of sp³-hybridized carbons (Fsp3) is 0.455. The summed E-state index contributed by atoms with van der Waals surface area (Å²) >= 11 is 0. The molecule has 1 unspecified atom stereocenters. The van der Waals surface area contributed by atoms with Gasteiger partial charge in [0.1, 0.15) is 5.82 Å². The van der Waals surface area contributed by atoms with Gasteiger partial charge in [0.25, 0.3) is 0 Å². The van der Waals surface area contributed by atoms with E-state index >= 15 is 0 Å². The first-order chi connectivity index (χ1) is 6.63. The van der Waals surface area contributed by atoms with Crippen LogP contribution in [0, 0.1) is 11.6 Å². The van der Waals surface area contributed by atoms with Gasteiger partial charge in [-0.15, -0.1) is 0 Å². The highest BCUT2D eigenvalue weighted by Crippen LogP contribution is 2.19. The molecule has 0 aliphatic carbocycles. The van der Waals surface area contributed by atoms with E-state index in [-0.39, 0.29) is 11.9 Å². The zero-order valence-corrected chi connectivity index (χ0v) is 8.39. The van der Waals surface area contributed by atoms with Crippen LogP contribution in [0.2, 0.25) is 0 Å². The predicted octanol–water partition coefficient (Wildman–Crippen LogP) is 3.53. The Morgan fingerprint density at radius 3 is 2.64 bits per heavy atom. The summed E-state index contributed by atoms with van der Waals surface area (Å²) in [5, 5.41) is 0. The van der Waals surface area contributed by atoms with Gasteiger partial charge in [0.15, 0.2) is 11.6 Å². The van der Waals surface area contributed by atoms with Crippen LogP contribution in [0.4, 0.5) is 8.78 Å². The molecule has 0 fully saturated rings. The molecule has 0 saturated carbocycles. The van der Waals surface area contributed by atoms with E-state index in [0.29, 0.717) is 0 Å². The average Bonchev–Trinajstić information content (AvgIpc) is 2.10. The normalized spacial score (nSPS) is 12.6. The molecular formula is C11H14F2O. The van der Waals surface area contributed by atoms with Crippen molar-refractivity contribution in [3.05, 3.63) is 29.8 Å². The molecule has 0 saturated heterocycles. The van der Waals surface area contributed by atoms with E-state index in [4.69, 9.17) is 4.74 Å². The molecule has 0 aliphatic heterocycles. The fourth-order valence-electron chi connectivity index (χ4n) is 1.25. The molecule has 0 bridgehead atoms. The van der Waals surface area contributed by atoms with Crippen LogP contribution in [0.3, 0.4) is 0 Å². The Morgan fingerprint density at radius 1 is 1.36 bits per heavy atom. The average molecular weight is 200 g/mol. The first-order valence-corrected chi connectivity index (χ1v) is 4.75. The third-order valence-electron chi connectivity index (χ3n) is 1.92. The Bertz CT molecular complexity index is 299. The van der Waals surface area contributed by atoms with E-state index in [1.807, 2.05) is 13.8 Å². The number of ether oxygens (including phenoxy) is 1. The lowest BCUT2D eigenvalue weighted by molar-refractivity contribution is 0.200. The van der Waals surface area contributed by atoms with Crippen LogP contribution in [0.25, 0.3) is 0 Å². The van der Waals surface area contributed by atoms with E-state index in [1.165, 1.54) is 12.1 Å². The SMILES string of the molecule is CCCC(C)Oc1ccc(F)cc1F. The smallest absolute Gasteiger partial charge is 0.167 e. The minimum Gasteiger partial charge on any atom is -0.488 e. The quantitative estimate of drug-likeness (QED) is 0.722. The maximum Gasteiger partial charge on any atom is 0.167 e. The van der Waals surface area contributed by atoms with E-state index in [1.54, 1.807) is 0 Å². The molecule has 14 heavy (non-hydrogen) atoms. The summed E-state index contributed by atoms with van der Waals surface area (Å²) in [6, 6.07) is 3.34. The summed E-state index contributed by atoms with van der Waals surface area (Å²) in [6.45, 7) is 3.90. The predicted molar refractivity (Wildman–Crippen MR) is 51.4 cm³/mol. The van der Waals surface area contributed by atoms with E-state index in [2.05, 4.69) is 0 Å². The molecule has 0 aromatic heterocycles. The topological polar surface area (TPSA) is 9.23 Å². The molecule has 1 rings (SSSR count). The highest BCUT2D eigenvalue weighted by molar-refractivity contribution is 5.24. The van der Waals surface area contributed by atoms with Crippen LogP contribution in [0.5, 0.6) is 5.75 Å². The highest BCUT2D eigenvalue weighted by Gasteiger charge is 2.08. The Balaban J connectivity index is 2.67. The zero-order valence-electron chi connectivity index (χ0n) is 8.39. The Hall–Kier alpha value is -1.12. The van der Waals surface area contributed by atoms with Gasteiger partial charge in [-0.05, 0) is 25.5 Å². The lowest BCUT2D eigenvalue weighted by Crippen LogP contribution is -2.11. The van der Waals surface area contributed by atoms with Gasteiger partial charge in [-0.25, -0.2) is 8.78 Å². The van der Waals surface area contributed by atoms with Crippen LogP contribution in [0.1, 0.15) is 26.7 Å². The van der Waals surface area contributed by atoms with Crippen LogP contribution in [0.15, 0.2) is 18.2 Å². The molecule has 1 nitrogen and oxygen atoms in total. The van der Waals surface area contributed by atoms with Gasteiger partial charge in [-0.1, -0.05) is 13.3 Å². The fourth-order valence-corrected chi connectivity index (χ4v) is 1.25. The minimum absolute atomic E-state index is 0.0417. The Labute approximate surface area is 82.7 Å². The first kappa shape index (κ1) is 11.0. The van der Waals surface area contributed by atoms with Gasteiger partial charge in [-0.2, -0.15) is 0 Å². The van der Waals surface area contributed by atoms with Crippen LogP contribution < -0.4 is 4.74 Å². The summed E-state index contributed by atoms with van der Waals surface area (Å²) < 4.78 is 30.9. The molecule has 0 radical (unpaired) electrons. The molecule has 1 atom stereocenters. The van der Waals surface area contributed by atoms with Crippen molar-refractivity contribution in [2.45, 2.75) is 32.8 Å². The van der Waals surface area contributed by atoms with Gasteiger partial charge in [0.2, 0.25) is 0 Å². The summed E-state index contributed by atoms with van der Waals surface area (Å²) in [7, 11) is 0. The molecule has 1 aromatic carbocycles. The van der Waals surface area contributed by atoms with Crippen molar-refractivity contribution >= 4 is 0 Å². The zero-order chi connectivity index (χ0) is 10.6. The van der Waals surface area contributed by atoms with Crippen molar-refractivity contribution in [2.24, 2.45) is 0 Å². The molecule has 0 spiro atoms. The Morgan fingerprint density at radius 2 is 2.07 bits per heavy atom. The lowest BCUT2D eigenvalue weighted by Gasteiger charge is -2.13. The molecule has 0 N–H and O–H groups in total. The maximum absolute atomic E-state index is 13.1. The molecule has 0 aliphatic rings. The molecule has 1 aromatic rings. The third-order valence-corrected chi connectivity index (χ3v) is 1.92. The standard InChI is InChI=1S/C11H14F2O/c1-3-4-8(2)14-11-6-5-9(12)7-10(11)13/h5-8H,3-4H2,1-2H3. The minimum atomic E-state index is -0.645. The van der Waals surface area contributed by atoms with E-state index in [9.17, 15) is 8.78 Å². The number of hydrogen-bond acceptors (Lipinski definition) is 1. The Kier molecular flexibility index (Phi) is 3.86. The number of hydrogen-bond donors (Lipinski definition) is 0. The van der Waals surface area contributed by atoms with Crippen LogP contribution in [-0.2, 0) is 0 Å². The largest absolute Gasteiger partial charge is 0.488 e. The van der Waals surface area contributed by atoms with Crippen molar-refractivity contribution in [3.63, 3.8) is 0 Å². The van der Waals surface area contributed by atoms with Crippen molar-refractivity contribution in [3.8, 4) is 5.75 Å².